The van der Waals surface area contributed by atoms with Crippen LogP contribution < -0.4 is 5.32 Å². The van der Waals surface area contributed by atoms with Gasteiger partial charge in [0.15, 0.2) is 0 Å². The zero-order valence-corrected chi connectivity index (χ0v) is 15.1. The SMILES string of the molecule is c1cc(CN2CCC[C@H](Nc3ccc4[nH]ncc4c3)C2)cc(C2CC2)c1. The predicted octanol–water partition coefficient (Wildman–Crippen LogP) is 4.52. The molecule has 2 heterocycles. The molecule has 2 aliphatic rings. The average molecular weight is 346 g/mol. The monoisotopic (exact) mass is 346 g/mol. The van der Waals surface area contributed by atoms with E-state index < -0.39 is 0 Å². The van der Waals surface area contributed by atoms with Gasteiger partial charge in [-0.2, -0.15) is 5.10 Å². The van der Waals surface area contributed by atoms with Crippen molar-refractivity contribution in [3.8, 4) is 0 Å². The smallest absolute Gasteiger partial charge is 0.0651 e. The number of hydrogen-bond donors (Lipinski definition) is 2. The van der Waals surface area contributed by atoms with E-state index in [-0.39, 0.29) is 0 Å². The first-order chi connectivity index (χ1) is 12.8. The van der Waals surface area contributed by atoms with Crippen LogP contribution in [0.3, 0.4) is 0 Å². The van der Waals surface area contributed by atoms with Crippen LogP contribution in [0.15, 0.2) is 48.7 Å². The number of likely N-dealkylation sites (tertiary alicyclic amines) is 1. The number of H-pyrrole nitrogens is 1. The molecular formula is C22H26N4. The third-order valence-electron chi connectivity index (χ3n) is 5.72. The normalized spacial score (nSPS) is 21.2. The maximum absolute atomic E-state index is 4.11. The molecule has 1 saturated carbocycles. The van der Waals surface area contributed by atoms with Gasteiger partial charge >= 0.3 is 0 Å². The number of piperidine rings is 1. The van der Waals surface area contributed by atoms with E-state index in [0.717, 1.165) is 24.5 Å². The molecule has 2 fully saturated rings. The van der Waals surface area contributed by atoms with Crippen LogP contribution >= 0.6 is 0 Å². The van der Waals surface area contributed by atoms with E-state index in [1.54, 1.807) is 5.56 Å². The maximum Gasteiger partial charge on any atom is 0.0651 e. The Morgan fingerprint density at radius 2 is 2.08 bits per heavy atom. The van der Waals surface area contributed by atoms with E-state index in [9.17, 15) is 0 Å². The number of rotatable bonds is 5. The summed E-state index contributed by atoms with van der Waals surface area (Å²) < 4.78 is 0. The summed E-state index contributed by atoms with van der Waals surface area (Å²) in [5.74, 6) is 0.837. The topological polar surface area (TPSA) is 44.0 Å². The fraction of sp³-hybridized carbons (Fsp3) is 0.409. The van der Waals surface area contributed by atoms with Crippen molar-refractivity contribution in [1.82, 2.24) is 15.1 Å². The van der Waals surface area contributed by atoms with Crippen molar-refractivity contribution in [2.75, 3.05) is 18.4 Å². The first-order valence-electron chi connectivity index (χ1n) is 9.84. The molecule has 26 heavy (non-hydrogen) atoms. The fourth-order valence-corrected chi connectivity index (χ4v) is 4.21. The van der Waals surface area contributed by atoms with E-state index in [1.807, 2.05) is 6.20 Å². The van der Waals surface area contributed by atoms with Gasteiger partial charge in [0.25, 0.3) is 0 Å². The third kappa shape index (κ3) is 3.47. The summed E-state index contributed by atoms with van der Waals surface area (Å²) >= 11 is 0. The molecule has 1 saturated heterocycles. The molecule has 0 amide bonds. The molecule has 2 N–H and O–H groups in total. The molecule has 1 aliphatic carbocycles. The number of nitrogens with zero attached hydrogens (tertiary/aromatic N) is 2. The lowest BCUT2D eigenvalue weighted by atomic mass is 10.0. The van der Waals surface area contributed by atoms with Crippen molar-refractivity contribution >= 4 is 16.6 Å². The number of anilines is 1. The summed E-state index contributed by atoms with van der Waals surface area (Å²) in [7, 11) is 0. The highest BCUT2D eigenvalue weighted by atomic mass is 15.2. The molecule has 1 aliphatic heterocycles. The molecule has 4 nitrogen and oxygen atoms in total. The highest BCUT2D eigenvalue weighted by Gasteiger charge is 2.24. The van der Waals surface area contributed by atoms with Crippen molar-refractivity contribution < 1.29 is 0 Å². The zero-order chi connectivity index (χ0) is 17.3. The van der Waals surface area contributed by atoms with Gasteiger partial charge in [-0.1, -0.05) is 24.3 Å². The van der Waals surface area contributed by atoms with Gasteiger partial charge in [-0.3, -0.25) is 10.00 Å². The van der Waals surface area contributed by atoms with E-state index in [2.05, 4.69) is 62.9 Å². The molecule has 0 radical (unpaired) electrons. The Bertz CT molecular complexity index is 896. The summed E-state index contributed by atoms with van der Waals surface area (Å²) in [5, 5.41) is 12.0. The van der Waals surface area contributed by atoms with Crippen LogP contribution in [0.2, 0.25) is 0 Å². The Morgan fingerprint density at radius 1 is 1.12 bits per heavy atom. The summed E-state index contributed by atoms with van der Waals surface area (Å²) in [6, 6.07) is 16.2. The minimum atomic E-state index is 0.514. The largest absolute Gasteiger partial charge is 0.381 e. The van der Waals surface area contributed by atoms with Gasteiger partial charge in [-0.25, -0.2) is 0 Å². The molecule has 3 aromatic rings. The van der Waals surface area contributed by atoms with E-state index in [1.165, 1.54) is 48.9 Å². The summed E-state index contributed by atoms with van der Waals surface area (Å²) in [6.45, 7) is 3.38. The van der Waals surface area contributed by atoms with Crippen molar-refractivity contribution in [2.45, 2.75) is 44.2 Å². The van der Waals surface area contributed by atoms with Crippen molar-refractivity contribution in [2.24, 2.45) is 0 Å². The molecular weight excluding hydrogens is 320 g/mol. The highest BCUT2D eigenvalue weighted by molar-refractivity contribution is 5.81. The van der Waals surface area contributed by atoms with Crippen LogP contribution in [-0.2, 0) is 6.54 Å². The molecule has 1 atom stereocenters. The van der Waals surface area contributed by atoms with Gasteiger partial charge in [0, 0.05) is 30.2 Å². The minimum Gasteiger partial charge on any atom is -0.381 e. The number of benzene rings is 2. The van der Waals surface area contributed by atoms with Crippen LogP contribution in [0.5, 0.6) is 0 Å². The van der Waals surface area contributed by atoms with Gasteiger partial charge in [-0.05, 0) is 67.5 Å². The minimum absolute atomic E-state index is 0.514. The second-order valence-electron chi connectivity index (χ2n) is 7.91. The average Bonchev–Trinajstić information content (AvgIpc) is 3.41. The Balaban J connectivity index is 1.23. The van der Waals surface area contributed by atoms with Crippen LogP contribution in [0.1, 0.15) is 42.7 Å². The molecule has 2 aromatic carbocycles. The second kappa shape index (κ2) is 6.76. The molecule has 134 valence electrons. The molecule has 0 unspecified atom stereocenters. The molecule has 1 aromatic heterocycles. The first-order valence-corrected chi connectivity index (χ1v) is 9.84. The van der Waals surface area contributed by atoms with Crippen molar-refractivity contribution in [3.05, 3.63) is 59.8 Å². The van der Waals surface area contributed by atoms with Gasteiger partial charge in [0.05, 0.1) is 11.7 Å². The standard InChI is InChI=1S/C22H26N4/c1-3-16(11-18(4-1)17-6-7-17)14-26-10-2-5-21(15-26)24-20-8-9-22-19(12-20)13-23-25-22/h1,3-4,8-9,11-13,17,21,24H,2,5-7,10,14-15H2,(H,23,25)/t21-/m0/s1. The summed E-state index contributed by atoms with van der Waals surface area (Å²) in [4.78, 5) is 2.60. The quantitative estimate of drug-likeness (QED) is 0.714. The number of hydrogen-bond acceptors (Lipinski definition) is 3. The summed E-state index contributed by atoms with van der Waals surface area (Å²) in [6.07, 6.45) is 7.14. The Labute approximate surface area is 154 Å². The lowest BCUT2D eigenvalue weighted by Crippen LogP contribution is -2.41. The molecule has 4 heteroatoms. The van der Waals surface area contributed by atoms with Crippen LogP contribution in [0.4, 0.5) is 5.69 Å². The van der Waals surface area contributed by atoms with Gasteiger partial charge in [-0.15, -0.1) is 0 Å². The van der Waals surface area contributed by atoms with Crippen LogP contribution in [-0.4, -0.2) is 34.2 Å². The lowest BCUT2D eigenvalue weighted by molar-refractivity contribution is 0.208. The van der Waals surface area contributed by atoms with Crippen LogP contribution in [0.25, 0.3) is 10.9 Å². The Morgan fingerprint density at radius 3 is 3.00 bits per heavy atom. The van der Waals surface area contributed by atoms with Gasteiger partial charge in [0.1, 0.15) is 0 Å². The highest BCUT2D eigenvalue weighted by Crippen LogP contribution is 2.40. The first kappa shape index (κ1) is 15.9. The van der Waals surface area contributed by atoms with Crippen molar-refractivity contribution in [3.63, 3.8) is 0 Å². The molecule has 0 spiro atoms. The van der Waals surface area contributed by atoms with Gasteiger partial charge < -0.3 is 5.32 Å². The van der Waals surface area contributed by atoms with Crippen molar-refractivity contribution in [1.29, 1.82) is 0 Å². The lowest BCUT2D eigenvalue weighted by Gasteiger charge is -2.33. The Hall–Kier alpha value is -2.33. The number of nitrogens with one attached hydrogen (secondary N) is 2. The Kier molecular flexibility index (Phi) is 4.13. The number of aromatic amines is 1. The molecule has 5 rings (SSSR count). The second-order valence-corrected chi connectivity index (χ2v) is 7.91. The van der Waals surface area contributed by atoms with Gasteiger partial charge in [0.2, 0.25) is 0 Å². The summed E-state index contributed by atoms with van der Waals surface area (Å²) in [5.41, 5.74) is 5.30. The number of fused-ring (bicyclic) bond motifs is 1. The van der Waals surface area contributed by atoms with E-state index in [0.29, 0.717) is 6.04 Å². The number of aromatic nitrogens is 2. The molecule has 0 bridgehead atoms. The zero-order valence-electron chi connectivity index (χ0n) is 15.1. The predicted molar refractivity (Wildman–Crippen MR) is 106 cm³/mol. The third-order valence-corrected chi connectivity index (χ3v) is 5.72. The maximum atomic E-state index is 4.11. The van der Waals surface area contributed by atoms with E-state index >= 15 is 0 Å². The van der Waals surface area contributed by atoms with E-state index in [4.69, 9.17) is 0 Å². The fourth-order valence-electron chi connectivity index (χ4n) is 4.21. The van der Waals surface area contributed by atoms with Crippen LogP contribution in [0, 0.1) is 0 Å².